The maximum atomic E-state index is 14.6. The van der Waals surface area contributed by atoms with Gasteiger partial charge in [-0.05, 0) is 40.4 Å². The predicted octanol–water partition coefficient (Wildman–Crippen LogP) is 4.31. The molecule has 0 spiro atoms. The Morgan fingerprint density at radius 2 is 1.48 bits per heavy atom. The minimum atomic E-state index is -0.729. The number of hydrogen-bond acceptors (Lipinski definition) is 4. The average molecular weight is 336 g/mol. The molecule has 0 radical (unpaired) electrons. The Hall–Kier alpha value is -3.47. The number of esters is 2. The number of fused-ring (bicyclic) bond motifs is 3. The van der Waals surface area contributed by atoms with Crippen LogP contribution in [0.5, 0.6) is 11.5 Å². The minimum absolute atomic E-state index is 0.159. The van der Waals surface area contributed by atoms with Crippen LogP contribution in [0.4, 0.5) is 4.39 Å². The molecule has 5 heteroatoms. The summed E-state index contributed by atoms with van der Waals surface area (Å²) in [4.78, 5) is 22.6. The highest BCUT2D eigenvalue weighted by molar-refractivity contribution is 6.08. The van der Waals surface area contributed by atoms with E-state index in [0.29, 0.717) is 16.5 Å². The van der Waals surface area contributed by atoms with Crippen molar-refractivity contribution in [3.63, 3.8) is 0 Å². The molecule has 0 atom stereocenters. The van der Waals surface area contributed by atoms with Crippen LogP contribution >= 0.6 is 0 Å². The molecule has 0 heterocycles. The molecule has 4 nitrogen and oxygen atoms in total. The Kier molecular flexibility index (Phi) is 4.31. The number of ether oxygens (including phenoxy) is 2. The van der Waals surface area contributed by atoms with E-state index in [4.69, 9.17) is 9.47 Å². The van der Waals surface area contributed by atoms with Crippen LogP contribution in [0, 0.1) is 5.82 Å². The standard InChI is InChI=1S/C20H13FO4/c1-3-18(22)24-13-6-8-14-12(11-13)5-7-16-15(14)9-10-17(20(16)21)25-19(23)4-2/h3-11H,1-2H2. The first-order valence-electron chi connectivity index (χ1n) is 7.37. The van der Waals surface area contributed by atoms with Crippen LogP contribution in [0.25, 0.3) is 21.5 Å². The van der Waals surface area contributed by atoms with E-state index in [9.17, 15) is 14.0 Å². The van der Waals surface area contributed by atoms with E-state index in [1.54, 1.807) is 36.4 Å². The molecule has 3 rings (SSSR count). The van der Waals surface area contributed by atoms with E-state index < -0.39 is 17.8 Å². The molecule has 0 aliphatic rings. The highest BCUT2D eigenvalue weighted by Crippen LogP contribution is 2.33. The lowest BCUT2D eigenvalue weighted by Crippen LogP contribution is -2.05. The molecule has 0 bridgehead atoms. The lowest BCUT2D eigenvalue weighted by molar-refractivity contribution is -0.129. The fourth-order valence-electron chi connectivity index (χ4n) is 2.52. The van der Waals surface area contributed by atoms with Crippen LogP contribution in [0.1, 0.15) is 0 Å². The van der Waals surface area contributed by atoms with Crippen molar-refractivity contribution < 1.29 is 23.5 Å². The van der Waals surface area contributed by atoms with Gasteiger partial charge in [0, 0.05) is 17.5 Å². The van der Waals surface area contributed by atoms with Crippen molar-refractivity contribution in [2.45, 2.75) is 0 Å². The fraction of sp³-hybridized carbons (Fsp3) is 0. The number of carbonyl (C=O) groups is 2. The summed E-state index contributed by atoms with van der Waals surface area (Å²) in [7, 11) is 0. The highest BCUT2D eigenvalue weighted by atomic mass is 19.1. The van der Waals surface area contributed by atoms with Gasteiger partial charge >= 0.3 is 11.9 Å². The highest BCUT2D eigenvalue weighted by Gasteiger charge is 2.13. The number of rotatable bonds is 4. The summed E-state index contributed by atoms with van der Waals surface area (Å²) in [5.41, 5.74) is 0. The maximum absolute atomic E-state index is 14.6. The Bertz CT molecular complexity index is 1040. The van der Waals surface area contributed by atoms with Gasteiger partial charge in [0.15, 0.2) is 11.6 Å². The second kappa shape index (κ2) is 6.57. The van der Waals surface area contributed by atoms with Crippen molar-refractivity contribution in [3.05, 3.63) is 73.6 Å². The van der Waals surface area contributed by atoms with Crippen LogP contribution in [-0.2, 0) is 9.59 Å². The average Bonchev–Trinajstić information content (AvgIpc) is 2.63. The van der Waals surface area contributed by atoms with E-state index >= 15 is 0 Å². The van der Waals surface area contributed by atoms with Gasteiger partial charge in [0.25, 0.3) is 0 Å². The molecule has 25 heavy (non-hydrogen) atoms. The summed E-state index contributed by atoms with van der Waals surface area (Å²) in [6.45, 7) is 6.63. The van der Waals surface area contributed by atoms with Crippen molar-refractivity contribution in [2.24, 2.45) is 0 Å². The van der Waals surface area contributed by atoms with Crippen molar-refractivity contribution in [2.75, 3.05) is 0 Å². The smallest absolute Gasteiger partial charge is 0.335 e. The van der Waals surface area contributed by atoms with Crippen molar-refractivity contribution in [1.29, 1.82) is 0 Å². The first-order chi connectivity index (χ1) is 12.0. The first kappa shape index (κ1) is 16.4. The summed E-state index contributed by atoms with van der Waals surface area (Å²) in [6, 6.07) is 11.4. The van der Waals surface area contributed by atoms with Crippen LogP contribution in [-0.4, -0.2) is 11.9 Å². The molecule has 124 valence electrons. The van der Waals surface area contributed by atoms with Gasteiger partial charge < -0.3 is 9.47 Å². The lowest BCUT2D eigenvalue weighted by Gasteiger charge is -2.09. The molecule has 0 aliphatic carbocycles. The van der Waals surface area contributed by atoms with Gasteiger partial charge in [0.2, 0.25) is 0 Å². The normalized spacial score (nSPS) is 10.4. The molecule has 3 aromatic rings. The Balaban J connectivity index is 2.11. The zero-order valence-electron chi connectivity index (χ0n) is 13.1. The molecular weight excluding hydrogens is 323 g/mol. The van der Waals surface area contributed by atoms with Gasteiger partial charge in [-0.3, -0.25) is 0 Å². The van der Waals surface area contributed by atoms with Crippen molar-refractivity contribution in [3.8, 4) is 11.5 Å². The lowest BCUT2D eigenvalue weighted by atomic mass is 10.0. The third-order valence-corrected chi connectivity index (χ3v) is 3.65. The van der Waals surface area contributed by atoms with Gasteiger partial charge in [-0.15, -0.1) is 0 Å². The van der Waals surface area contributed by atoms with Crippen LogP contribution in [0.2, 0.25) is 0 Å². The van der Waals surface area contributed by atoms with Crippen molar-refractivity contribution in [1.82, 2.24) is 0 Å². The number of benzene rings is 3. The summed E-state index contributed by atoms with van der Waals surface area (Å²) >= 11 is 0. The van der Waals surface area contributed by atoms with Gasteiger partial charge in [0.1, 0.15) is 5.75 Å². The largest absolute Gasteiger partial charge is 0.423 e. The molecule has 0 amide bonds. The molecule has 0 saturated carbocycles. The molecule has 0 aromatic heterocycles. The molecule has 0 N–H and O–H groups in total. The van der Waals surface area contributed by atoms with E-state index in [0.717, 1.165) is 22.9 Å². The molecule has 0 aliphatic heterocycles. The van der Waals surface area contributed by atoms with Gasteiger partial charge in [0.05, 0.1) is 0 Å². The van der Waals surface area contributed by atoms with Gasteiger partial charge in [-0.25, -0.2) is 14.0 Å². The Labute approximate surface area is 142 Å². The van der Waals surface area contributed by atoms with E-state index in [1.807, 2.05) is 0 Å². The number of carbonyl (C=O) groups excluding carboxylic acids is 2. The van der Waals surface area contributed by atoms with Gasteiger partial charge in [-0.1, -0.05) is 31.4 Å². The molecular formula is C20H13FO4. The zero-order chi connectivity index (χ0) is 18.0. The topological polar surface area (TPSA) is 52.6 Å². The van der Waals surface area contributed by atoms with Crippen LogP contribution in [0.15, 0.2) is 67.8 Å². The summed E-state index contributed by atoms with van der Waals surface area (Å²) in [5.74, 6) is -1.70. The fourth-order valence-corrected chi connectivity index (χ4v) is 2.52. The molecule has 3 aromatic carbocycles. The van der Waals surface area contributed by atoms with E-state index in [-0.39, 0.29) is 5.75 Å². The monoisotopic (exact) mass is 336 g/mol. The number of halogens is 1. The summed E-state index contributed by atoms with van der Waals surface area (Å²) in [5, 5.41) is 2.51. The summed E-state index contributed by atoms with van der Waals surface area (Å²) in [6.07, 6.45) is 2.04. The molecule has 0 saturated heterocycles. The van der Waals surface area contributed by atoms with Crippen molar-refractivity contribution >= 4 is 33.5 Å². The Morgan fingerprint density at radius 3 is 2.20 bits per heavy atom. The maximum Gasteiger partial charge on any atom is 0.335 e. The van der Waals surface area contributed by atoms with Crippen LogP contribution < -0.4 is 9.47 Å². The first-order valence-corrected chi connectivity index (χ1v) is 7.37. The quantitative estimate of drug-likeness (QED) is 0.308. The molecule has 0 unspecified atom stereocenters. The zero-order valence-corrected chi connectivity index (χ0v) is 13.1. The van der Waals surface area contributed by atoms with Crippen LogP contribution in [0.3, 0.4) is 0 Å². The SMILES string of the molecule is C=CC(=O)Oc1ccc2c(ccc3c(F)c(OC(=O)C=C)ccc32)c1. The Morgan fingerprint density at radius 1 is 0.840 bits per heavy atom. The second-order valence-electron chi connectivity index (χ2n) is 5.17. The number of hydrogen-bond donors (Lipinski definition) is 0. The predicted molar refractivity (Wildman–Crippen MR) is 93.1 cm³/mol. The van der Waals surface area contributed by atoms with E-state index in [2.05, 4.69) is 13.2 Å². The molecule has 0 fully saturated rings. The van der Waals surface area contributed by atoms with Gasteiger partial charge in [-0.2, -0.15) is 0 Å². The minimum Gasteiger partial charge on any atom is -0.423 e. The third-order valence-electron chi connectivity index (χ3n) is 3.65. The summed E-state index contributed by atoms with van der Waals surface area (Å²) < 4.78 is 24.6. The second-order valence-corrected chi connectivity index (χ2v) is 5.17. The van der Waals surface area contributed by atoms with E-state index in [1.165, 1.54) is 6.07 Å². The third kappa shape index (κ3) is 3.12.